The number of aromatic nitrogens is 1. The van der Waals surface area contributed by atoms with E-state index in [0.717, 1.165) is 22.4 Å². The Morgan fingerprint density at radius 2 is 2.00 bits per heavy atom. The van der Waals surface area contributed by atoms with Crippen LogP contribution >= 0.6 is 0 Å². The van der Waals surface area contributed by atoms with Gasteiger partial charge >= 0.3 is 0 Å². The zero-order valence-electron chi connectivity index (χ0n) is 11.8. The minimum absolute atomic E-state index is 0.780. The molecule has 0 atom stereocenters. The summed E-state index contributed by atoms with van der Waals surface area (Å²) < 4.78 is 2.10. The molecule has 0 unspecified atom stereocenters. The molecule has 19 heavy (non-hydrogen) atoms. The van der Waals surface area contributed by atoms with Crippen LogP contribution in [0.3, 0.4) is 0 Å². The van der Waals surface area contributed by atoms with Gasteiger partial charge in [0.05, 0.1) is 0 Å². The van der Waals surface area contributed by atoms with Crippen LogP contribution in [0.15, 0.2) is 60.3 Å². The Balaban J connectivity index is 2.73. The maximum Gasteiger partial charge on any atom is 0.0485 e. The molecule has 2 N–H and O–H groups in total. The first-order chi connectivity index (χ1) is 9.06. The van der Waals surface area contributed by atoms with Crippen molar-refractivity contribution in [2.75, 3.05) is 0 Å². The number of aryl methyl sites for hydroxylation is 1. The highest BCUT2D eigenvalue weighted by atomic mass is 14.9. The summed E-state index contributed by atoms with van der Waals surface area (Å²) in [4.78, 5) is 0. The average molecular weight is 252 g/mol. The van der Waals surface area contributed by atoms with Crippen LogP contribution < -0.4 is 5.73 Å². The van der Waals surface area contributed by atoms with Gasteiger partial charge in [-0.05, 0) is 25.5 Å². The van der Waals surface area contributed by atoms with Crippen molar-refractivity contribution < 1.29 is 0 Å². The molecule has 0 saturated heterocycles. The lowest BCUT2D eigenvalue weighted by Gasteiger charge is -2.07. The van der Waals surface area contributed by atoms with E-state index in [1.165, 1.54) is 10.9 Å². The number of nitrogens with two attached hydrogens (primary N) is 1. The van der Waals surface area contributed by atoms with Gasteiger partial charge in [0.15, 0.2) is 0 Å². The third-order valence-electron chi connectivity index (χ3n) is 3.27. The van der Waals surface area contributed by atoms with Crippen molar-refractivity contribution >= 4 is 16.6 Å². The van der Waals surface area contributed by atoms with Gasteiger partial charge in [0.1, 0.15) is 0 Å². The second-order valence-electron chi connectivity index (χ2n) is 4.78. The predicted octanol–water partition coefficient (Wildman–Crippen LogP) is 4.00. The number of para-hydroxylation sites is 1. The summed E-state index contributed by atoms with van der Waals surface area (Å²) in [7, 11) is 2.04. The quantitative estimate of drug-likeness (QED) is 0.822. The molecule has 0 aliphatic carbocycles. The summed E-state index contributed by atoms with van der Waals surface area (Å²) in [6.07, 6.45) is 6.08. The van der Waals surface area contributed by atoms with Crippen molar-refractivity contribution in [3.63, 3.8) is 0 Å². The Labute approximate surface area is 114 Å². The van der Waals surface area contributed by atoms with Crippen LogP contribution in [0.5, 0.6) is 0 Å². The second kappa shape index (κ2) is 5.19. The lowest BCUT2D eigenvalue weighted by atomic mass is 10.0. The van der Waals surface area contributed by atoms with Gasteiger partial charge in [-0.25, -0.2) is 0 Å². The van der Waals surface area contributed by atoms with Gasteiger partial charge < -0.3 is 10.3 Å². The number of benzene rings is 1. The minimum Gasteiger partial charge on any atom is -0.398 e. The van der Waals surface area contributed by atoms with E-state index in [4.69, 9.17) is 5.73 Å². The molecule has 2 aromatic rings. The molecule has 2 nitrogen and oxygen atoms in total. The molecule has 0 saturated carbocycles. The zero-order valence-corrected chi connectivity index (χ0v) is 11.8. The van der Waals surface area contributed by atoms with Gasteiger partial charge in [0, 0.05) is 41.0 Å². The molecular formula is C17H20N2. The topological polar surface area (TPSA) is 30.9 Å². The van der Waals surface area contributed by atoms with Crippen LogP contribution in [0.1, 0.15) is 19.4 Å². The Bertz CT molecular complexity index is 684. The average Bonchev–Trinajstić information content (AvgIpc) is 2.73. The molecule has 0 aliphatic heterocycles. The fraction of sp³-hybridized carbons (Fsp3) is 0.176. The van der Waals surface area contributed by atoms with Gasteiger partial charge in [-0.1, -0.05) is 36.9 Å². The van der Waals surface area contributed by atoms with E-state index in [1.807, 2.05) is 45.2 Å². The molecule has 0 spiro atoms. The van der Waals surface area contributed by atoms with E-state index < -0.39 is 0 Å². The first-order valence-corrected chi connectivity index (χ1v) is 6.39. The van der Waals surface area contributed by atoms with Crippen LogP contribution in [0.2, 0.25) is 0 Å². The lowest BCUT2D eigenvalue weighted by molar-refractivity contribution is 0.967. The first-order valence-electron chi connectivity index (χ1n) is 6.39. The van der Waals surface area contributed by atoms with Crippen molar-refractivity contribution in [1.82, 2.24) is 4.57 Å². The van der Waals surface area contributed by atoms with Gasteiger partial charge in [-0.2, -0.15) is 0 Å². The highest BCUT2D eigenvalue weighted by molar-refractivity contribution is 5.94. The molecule has 1 aromatic heterocycles. The molecule has 0 amide bonds. The van der Waals surface area contributed by atoms with Gasteiger partial charge in [0.25, 0.3) is 0 Å². The summed E-state index contributed by atoms with van der Waals surface area (Å²) in [6, 6.07) is 8.28. The fourth-order valence-electron chi connectivity index (χ4n) is 2.33. The van der Waals surface area contributed by atoms with E-state index in [9.17, 15) is 0 Å². The first kappa shape index (κ1) is 13.2. The molecule has 0 radical (unpaired) electrons. The highest BCUT2D eigenvalue weighted by Gasteiger charge is 2.11. The monoisotopic (exact) mass is 252 g/mol. The van der Waals surface area contributed by atoms with Gasteiger partial charge in [-0.15, -0.1) is 0 Å². The van der Waals surface area contributed by atoms with Crippen molar-refractivity contribution in [2.45, 2.75) is 13.8 Å². The number of allylic oxidation sites excluding steroid dienone is 4. The van der Waals surface area contributed by atoms with E-state index in [2.05, 4.69) is 29.5 Å². The SMILES string of the molecule is C=C(C)C(/C=C\C)=C(\N)c1cn(C)c2ccccc12. The predicted molar refractivity (Wildman–Crippen MR) is 83.7 cm³/mol. The maximum atomic E-state index is 6.36. The van der Waals surface area contributed by atoms with Crippen molar-refractivity contribution in [3.8, 4) is 0 Å². The fourth-order valence-corrected chi connectivity index (χ4v) is 2.33. The standard InChI is InChI=1S/C17H20N2/c1-5-8-13(12(2)3)17(18)15-11-19(4)16-10-7-6-9-14(15)16/h5-11H,2,18H2,1,3-4H3/b8-5-,17-13-. The Hall–Kier alpha value is -2.22. The maximum absolute atomic E-state index is 6.36. The Morgan fingerprint density at radius 3 is 2.63 bits per heavy atom. The molecule has 1 aromatic carbocycles. The normalized spacial score (nSPS) is 13.0. The Kier molecular flexibility index (Phi) is 3.61. The van der Waals surface area contributed by atoms with E-state index in [-0.39, 0.29) is 0 Å². The van der Waals surface area contributed by atoms with Crippen LogP contribution in [-0.4, -0.2) is 4.57 Å². The third kappa shape index (κ3) is 2.34. The van der Waals surface area contributed by atoms with E-state index in [0.29, 0.717) is 0 Å². The molecule has 2 heteroatoms. The molecular weight excluding hydrogens is 232 g/mol. The largest absolute Gasteiger partial charge is 0.398 e. The molecule has 0 aliphatic rings. The van der Waals surface area contributed by atoms with Gasteiger partial charge in [-0.3, -0.25) is 0 Å². The molecule has 98 valence electrons. The zero-order chi connectivity index (χ0) is 14.0. The second-order valence-corrected chi connectivity index (χ2v) is 4.78. The van der Waals surface area contributed by atoms with Gasteiger partial charge in [0.2, 0.25) is 0 Å². The number of fused-ring (bicyclic) bond motifs is 1. The number of hydrogen-bond acceptors (Lipinski definition) is 1. The Morgan fingerprint density at radius 1 is 1.32 bits per heavy atom. The molecule has 2 rings (SSSR count). The van der Waals surface area contributed by atoms with E-state index >= 15 is 0 Å². The van der Waals surface area contributed by atoms with Crippen molar-refractivity contribution in [1.29, 1.82) is 0 Å². The summed E-state index contributed by atoms with van der Waals surface area (Å²) in [6.45, 7) is 7.98. The smallest absolute Gasteiger partial charge is 0.0485 e. The summed E-state index contributed by atoms with van der Waals surface area (Å²) >= 11 is 0. The van der Waals surface area contributed by atoms with Crippen LogP contribution in [-0.2, 0) is 7.05 Å². The summed E-state index contributed by atoms with van der Waals surface area (Å²) in [5.41, 5.74) is 11.4. The molecule has 0 fully saturated rings. The lowest BCUT2D eigenvalue weighted by Crippen LogP contribution is -2.01. The third-order valence-corrected chi connectivity index (χ3v) is 3.27. The van der Waals surface area contributed by atoms with Crippen LogP contribution in [0.25, 0.3) is 16.6 Å². The summed E-state index contributed by atoms with van der Waals surface area (Å²) in [5.74, 6) is 0. The van der Waals surface area contributed by atoms with Crippen LogP contribution in [0.4, 0.5) is 0 Å². The minimum atomic E-state index is 0.780. The molecule has 0 bridgehead atoms. The molecule has 1 heterocycles. The highest BCUT2D eigenvalue weighted by Crippen LogP contribution is 2.28. The van der Waals surface area contributed by atoms with Crippen molar-refractivity contribution in [2.24, 2.45) is 12.8 Å². The van der Waals surface area contributed by atoms with E-state index in [1.54, 1.807) is 0 Å². The number of nitrogens with zero attached hydrogens (tertiary/aromatic N) is 1. The summed E-state index contributed by atoms with van der Waals surface area (Å²) in [5, 5.41) is 1.17. The van der Waals surface area contributed by atoms with Crippen LogP contribution in [0, 0.1) is 0 Å². The number of rotatable bonds is 3. The number of hydrogen-bond donors (Lipinski definition) is 1. The van der Waals surface area contributed by atoms with Crippen molar-refractivity contribution in [3.05, 3.63) is 65.9 Å².